The van der Waals surface area contributed by atoms with Gasteiger partial charge in [-0.15, -0.1) is 0 Å². The Hall–Kier alpha value is -0.880. The lowest BCUT2D eigenvalue weighted by molar-refractivity contribution is 0.151. The normalized spacial score (nSPS) is 10.8. The van der Waals surface area contributed by atoms with E-state index in [1.165, 1.54) is 12.1 Å². The van der Waals surface area contributed by atoms with Gasteiger partial charge >= 0.3 is 0 Å². The maximum atomic E-state index is 12.4. The molecule has 0 aliphatic carbocycles. The molecule has 0 unspecified atom stereocenters. The Balaban J connectivity index is 2.02. The van der Waals surface area contributed by atoms with Crippen molar-refractivity contribution in [3.05, 3.63) is 62.2 Å². The Morgan fingerprint density at radius 1 is 1.11 bits per heavy atom. The molecule has 0 aliphatic heterocycles. The van der Waals surface area contributed by atoms with Gasteiger partial charge in [0.1, 0.15) is 0 Å². The molecule has 2 aromatic carbocycles. The molecule has 2 aromatic rings. The van der Waals surface area contributed by atoms with Crippen LogP contribution in [0.2, 0.25) is 5.02 Å². The summed E-state index contributed by atoms with van der Waals surface area (Å²) in [7, 11) is 0. The first-order valence-corrected chi connectivity index (χ1v) is 7.08. The Morgan fingerprint density at radius 2 is 1.79 bits per heavy atom. The van der Waals surface area contributed by atoms with Gasteiger partial charge in [-0.05, 0) is 46.4 Å². The third-order valence-electron chi connectivity index (χ3n) is 2.65. The molecular weight excluding hydrogens is 383 g/mol. The zero-order valence-corrected chi connectivity index (χ0v) is 12.8. The van der Waals surface area contributed by atoms with Crippen LogP contribution in [0, 0.1) is 3.57 Å². The average molecular weight is 394 g/mol. The zero-order chi connectivity index (χ0) is 13.8. The lowest BCUT2D eigenvalue weighted by Crippen LogP contribution is -2.00. The summed E-state index contributed by atoms with van der Waals surface area (Å²) in [6, 6.07) is 12.0. The van der Waals surface area contributed by atoms with Gasteiger partial charge in [0.15, 0.2) is 0 Å². The van der Waals surface area contributed by atoms with Crippen LogP contribution in [0.1, 0.15) is 17.6 Å². The van der Waals surface area contributed by atoms with E-state index in [1.807, 2.05) is 18.2 Å². The lowest BCUT2D eigenvalue weighted by Gasteiger charge is -2.09. The monoisotopic (exact) mass is 393 g/mol. The number of hydrogen-bond donors (Lipinski definition) is 1. The average Bonchev–Trinajstić information content (AvgIpc) is 2.38. The van der Waals surface area contributed by atoms with Crippen molar-refractivity contribution in [1.29, 1.82) is 0 Å². The van der Waals surface area contributed by atoms with Gasteiger partial charge in [-0.1, -0.05) is 35.9 Å². The standard InChI is InChI=1S/C14H11ClF2IN/c15-12-7-11(18)5-6-13(12)19-8-9-1-3-10(4-2-9)14(16)17/h1-7,14,19H,8H2. The summed E-state index contributed by atoms with van der Waals surface area (Å²) in [6.07, 6.45) is -2.42. The van der Waals surface area contributed by atoms with Gasteiger partial charge in [-0.25, -0.2) is 8.78 Å². The molecule has 5 heteroatoms. The Kier molecular flexibility index (Phi) is 4.99. The quantitative estimate of drug-likeness (QED) is 0.677. The maximum Gasteiger partial charge on any atom is 0.263 e. The summed E-state index contributed by atoms with van der Waals surface area (Å²) in [5, 5.41) is 3.83. The first-order chi connectivity index (χ1) is 9.06. The summed E-state index contributed by atoms with van der Waals surface area (Å²) in [6.45, 7) is 0.545. The minimum atomic E-state index is -2.42. The minimum absolute atomic E-state index is 0.0380. The number of anilines is 1. The van der Waals surface area contributed by atoms with E-state index < -0.39 is 6.43 Å². The Bertz CT molecular complexity index is 558. The van der Waals surface area contributed by atoms with Crippen LogP contribution >= 0.6 is 34.2 Å². The summed E-state index contributed by atoms with van der Waals surface area (Å²) in [5.41, 5.74) is 1.80. The Morgan fingerprint density at radius 3 is 2.37 bits per heavy atom. The van der Waals surface area contributed by atoms with Gasteiger partial charge in [0.25, 0.3) is 6.43 Å². The van der Waals surface area contributed by atoms with Crippen LogP contribution in [0.3, 0.4) is 0 Å². The predicted molar refractivity (Wildman–Crippen MR) is 82.9 cm³/mol. The highest BCUT2D eigenvalue weighted by atomic mass is 127. The van der Waals surface area contributed by atoms with Crippen LogP contribution in [-0.4, -0.2) is 0 Å². The molecule has 0 aromatic heterocycles. The predicted octanol–water partition coefficient (Wildman–Crippen LogP) is 5.49. The Labute approximate surface area is 129 Å². The van der Waals surface area contributed by atoms with E-state index >= 15 is 0 Å². The maximum absolute atomic E-state index is 12.4. The van der Waals surface area contributed by atoms with Crippen molar-refractivity contribution in [2.75, 3.05) is 5.32 Å². The second kappa shape index (κ2) is 6.52. The molecule has 0 fully saturated rings. The van der Waals surface area contributed by atoms with Crippen molar-refractivity contribution in [3.8, 4) is 0 Å². The van der Waals surface area contributed by atoms with Crippen molar-refractivity contribution >= 4 is 39.9 Å². The highest BCUT2D eigenvalue weighted by molar-refractivity contribution is 14.1. The molecule has 1 nitrogen and oxygen atoms in total. The van der Waals surface area contributed by atoms with Gasteiger partial charge < -0.3 is 5.32 Å². The SMILES string of the molecule is FC(F)c1ccc(CNc2ccc(I)cc2Cl)cc1. The second-order valence-corrected chi connectivity index (χ2v) is 5.67. The fourth-order valence-corrected chi connectivity index (χ4v) is 2.53. The van der Waals surface area contributed by atoms with E-state index in [2.05, 4.69) is 27.9 Å². The van der Waals surface area contributed by atoms with Gasteiger partial charge in [0, 0.05) is 15.7 Å². The number of hydrogen-bond acceptors (Lipinski definition) is 1. The van der Waals surface area contributed by atoms with Crippen LogP contribution in [-0.2, 0) is 6.54 Å². The van der Waals surface area contributed by atoms with Crippen molar-refractivity contribution in [2.45, 2.75) is 13.0 Å². The molecule has 100 valence electrons. The zero-order valence-electron chi connectivity index (χ0n) is 9.84. The van der Waals surface area contributed by atoms with E-state index in [4.69, 9.17) is 11.6 Å². The number of alkyl halides is 2. The van der Waals surface area contributed by atoms with Gasteiger partial charge in [0.2, 0.25) is 0 Å². The molecule has 0 saturated carbocycles. The van der Waals surface area contributed by atoms with Crippen LogP contribution in [0.4, 0.5) is 14.5 Å². The fourth-order valence-electron chi connectivity index (χ4n) is 1.61. The molecule has 2 rings (SSSR count). The van der Waals surface area contributed by atoms with Crippen LogP contribution in [0.5, 0.6) is 0 Å². The highest BCUT2D eigenvalue weighted by Crippen LogP contribution is 2.24. The van der Waals surface area contributed by atoms with Crippen LogP contribution in [0.25, 0.3) is 0 Å². The molecule has 1 N–H and O–H groups in total. The fraction of sp³-hybridized carbons (Fsp3) is 0.143. The van der Waals surface area contributed by atoms with Crippen molar-refractivity contribution in [3.63, 3.8) is 0 Å². The van der Waals surface area contributed by atoms with Gasteiger partial charge in [-0.3, -0.25) is 0 Å². The number of halogens is 4. The van der Waals surface area contributed by atoms with Crippen LogP contribution < -0.4 is 5.32 Å². The molecule has 19 heavy (non-hydrogen) atoms. The summed E-state index contributed by atoms with van der Waals surface area (Å²) >= 11 is 8.28. The van der Waals surface area contributed by atoms with E-state index in [0.29, 0.717) is 11.6 Å². The van der Waals surface area contributed by atoms with Gasteiger partial charge in [-0.2, -0.15) is 0 Å². The third kappa shape index (κ3) is 4.04. The largest absolute Gasteiger partial charge is 0.380 e. The summed E-state index contributed by atoms with van der Waals surface area (Å²) in [4.78, 5) is 0. The van der Waals surface area contributed by atoms with E-state index in [9.17, 15) is 8.78 Å². The third-order valence-corrected chi connectivity index (χ3v) is 3.63. The van der Waals surface area contributed by atoms with E-state index in [-0.39, 0.29) is 5.56 Å². The molecule has 0 atom stereocenters. The molecule has 0 saturated heterocycles. The molecule has 0 heterocycles. The second-order valence-electron chi connectivity index (χ2n) is 4.02. The molecule has 0 bridgehead atoms. The first kappa shape index (κ1) is 14.5. The molecule has 0 aliphatic rings. The van der Waals surface area contributed by atoms with Gasteiger partial charge in [0.05, 0.1) is 10.7 Å². The van der Waals surface area contributed by atoms with Crippen molar-refractivity contribution in [2.24, 2.45) is 0 Å². The minimum Gasteiger partial charge on any atom is -0.380 e. The molecule has 0 radical (unpaired) electrons. The highest BCUT2D eigenvalue weighted by Gasteiger charge is 2.06. The number of nitrogens with one attached hydrogen (secondary N) is 1. The van der Waals surface area contributed by atoms with Crippen molar-refractivity contribution in [1.82, 2.24) is 0 Å². The van der Waals surface area contributed by atoms with Crippen molar-refractivity contribution < 1.29 is 8.78 Å². The number of rotatable bonds is 4. The lowest BCUT2D eigenvalue weighted by atomic mass is 10.1. The molecule has 0 spiro atoms. The summed E-state index contributed by atoms with van der Waals surface area (Å²) < 4.78 is 25.9. The van der Waals surface area contributed by atoms with Crippen LogP contribution in [0.15, 0.2) is 42.5 Å². The topological polar surface area (TPSA) is 12.0 Å². The first-order valence-electron chi connectivity index (χ1n) is 5.62. The number of benzene rings is 2. The van der Waals surface area contributed by atoms with E-state index in [1.54, 1.807) is 12.1 Å². The molecule has 0 amide bonds. The smallest absolute Gasteiger partial charge is 0.263 e. The summed E-state index contributed by atoms with van der Waals surface area (Å²) in [5.74, 6) is 0. The molecular formula is C14H11ClF2IN. The van der Waals surface area contributed by atoms with E-state index in [0.717, 1.165) is 14.8 Å².